The van der Waals surface area contributed by atoms with E-state index >= 15 is 0 Å². The van der Waals surface area contributed by atoms with Crippen LogP contribution in [0.15, 0.2) is 53.4 Å². The predicted octanol–water partition coefficient (Wildman–Crippen LogP) is 2.60. The fraction of sp³-hybridized carbons (Fsp3) is 0.176. The number of carbonyl (C=O) groups is 2. The monoisotopic (exact) mass is 377 g/mol. The third-order valence-corrected chi connectivity index (χ3v) is 4.44. The molecule has 136 valence electrons. The number of amides is 2. The van der Waals surface area contributed by atoms with Gasteiger partial charge < -0.3 is 0 Å². The van der Waals surface area contributed by atoms with E-state index in [1.165, 1.54) is 48.2 Å². The molecule has 0 radical (unpaired) electrons. The Hall–Kier alpha value is -2.94. The van der Waals surface area contributed by atoms with Gasteiger partial charge in [-0.1, -0.05) is 12.1 Å². The van der Waals surface area contributed by atoms with Crippen LogP contribution in [0.3, 0.4) is 0 Å². The lowest BCUT2D eigenvalue weighted by Crippen LogP contribution is -2.45. The number of nitro groups is 1. The summed E-state index contributed by atoms with van der Waals surface area (Å²) in [6, 6.07) is 11.3. The zero-order chi connectivity index (χ0) is 19.1. The second-order valence-corrected chi connectivity index (χ2v) is 6.77. The topological polar surface area (TPSA) is 101 Å². The van der Waals surface area contributed by atoms with Gasteiger partial charge in [-0.2, -0.15) is 0 Å². The van der Waals surface area contributed by atoms with Gasteiger partial charge in [0.05, 0.1) is 16.6 Å². The summed E-state index contributed by atoms with van der Waals surface area (Å²) in [5, 5.41) is 10.1. The molecule has 0 aliphatic carbocycles. The molecule has 2 N–H and O–H groups in total. The molecule has 0 aromatic heterocycles. The predicted molar refractivity (Wildman–Crippen MR) is 94.8 cm³/mol. The molecule has 0 bridgehead atoms. The average Bonchev–Trinajstić information content (AvgIpc) is 2.62. The zero-order valence-electron chi connectivity index (χ0n) is 13.8. The highest BCUT2D eigenvalue weighted by Crippen LogP contribution is 2.25. The van der Waals surface area contributed by atoms with Gasteiger partial charge in [0.15, 0.2) is 0 Å². The number of rotatable bonds is 6. The van der Waals surface area contributed by atoms with Crippen molar-refractivity contribution in [2.75, 3.05) is 0 Å². The number of hydrazine groups is 1. The van der Waals surface area contributed by atoms with Gasteiger partial charge in [0, 0.05) is 17.0 Å². The summed E-state index contributed by atoms with van der Waals surface area (Å²) < 4.78 is 12.8. The number of carbonyl (C=O) groups excluding carboxylic acids is 2. The minimum atomic E-state index is -0.525. The van der Waals surface area contributed by atoms with E-state index in [0.717, 1.165) is 0 Å². The summed E-state index contributed by atoms with van der Waals surface area (Å²) >= 11 is 1.20. The highest BCUT2D eigenvalue weighted by Gasteiger charge is 2.16. The zero-order valence-corrected chi connectivity index (χ0v) is 14.6. The first-order valence-corrected chi connectivity index (χ1v) is 8.47. The van der Waals surface area contributed by atoms with Crippen molar-refractivity contribution in [1.29, 1.82) is 0 Å². The van der Waals surface area contributed by atoms with Crippen LogP contribution in [0.1, 0.15) is 12.5 Å². The Morgan fingerprint density at radius 3 is 2.31 bits per heavy atom. The Labute approximate surface area is 153 Å². The second-order valence-electron chi connectivity index (χ2n) is 5.35. The molecule has 0 aliphatic heterocycles. The van der Waals surface area contributed by atoms with Crippen LogP contribution in [0.5, 0.6) is 0 Å². The van der Waals surface area contributed by atoms with Crippen molar-refractivity contribution in [3.63, 3.8) is 0 Å². The van der Waals surface area contributed by atoms with Crippen LogP contribution in [0, 0.1) is 15.9 Å². The third kappa shape index (κ3) is 5.85. The minimum absolute atomic E-state index is 0.00440. The minimum Gasteiger partial charge on any atom is -0.273 e. The molecule has 1 unspecified atom stereocenters. The van der Waals surface area contributed by atoms with Gasteiger partial charge in [0.25, 0.3) is 11.6 Å². The fourth-order valence-corrected chi connectivity index (χ4v) is 2.84. The summed E-state index contributed by atoms with van der Waals surface area (Å²) in [5.74, 6) is -1.24. The van der Waals surface area contributed by atoms with Gasteiger partial charge in [-0.05, 0) is 36.8 Å². The van der Waals surface area contributed by atoms with Crippen LogP contribution in [0.2, 0.25) is 0 Å². The molecular weight excluding hydrogens is 361 g/mol. The number of thioether (sulfide) groups is 1. The number of nitrogens with one attached hydrogen (secondary N) is 2. The number of non-ortho nitro benzene ring substituents is 1. The Balaban J connectivity index is 1.79. The van der Waals surface area contributed by atoms with Crippen molar-refractivity contribution in [1.82, 2.24) is 10.9 Å². The Morgan fingerprint density at radius 2 is 1.73 bits per heavy atom. The molecule has 0 aliphatic rings. The molecule has 2 rings (SSSR count). The first-order chi connectivity index (χ1) is 12.3. The molecule has 0 spiro atoms. The molecule has 0 heterocycles. The van der Waals surface area contributed by atoms with Crippen LogP contribution < -0.4 is 10.9 Å². The Kier molecular flexibility index (Phi) is 6.67. The lowest BCUT2D eigenvalue weighted by molar-refractivity contribution is -0.384. The molecule has 2 aromatic carbocycles. The highest BCUT2D eigenvalue weighted by atomic mass is 32.2. The SMILES string of the molecule is CC(Sc1ccc([N+](=O)[O-])cc1)C(=O)NNC(=O)Cc1ccc(F)cc1. The molecule has 0 fully saturated rings. The second kappa shape index (κ2) is 8.95. The van der Waals surface area contributed by atoms with Gasteiger partial charge >= 0.3 is 0 Å². The van der Waals surface area contributed by atoms with Gasteiger partial charge in [-0.25, -0.2) is 4.39 Å². The maximum Gasteiger partial charge on any atom is 0.269 e. The van der Waals surface area contributed by atoms with Crippen molar-refractivity contribution in [2.24, 2.45) is 0 Å². The molecule has 2 aromatic rings. The lowest BCUT2D eigenvalue weighted by atomic mass is 10.1. The van der Waals surface area contributed by atoms with Crippen LogP contribution in [-0.4, -0.2) is 22.0 Å². The molecule has 9 heteroatoms. The Morgan fingerprint density at radius 1 is 1.12 bits per heavy atom. The van der Waals surface area contributed by atoms with E-state index in [9.17, 15) is 24.1 Å². The number of nitro benzene ring substituents is 1. The lowest BCUT2D eigenvalue weighted by Gasteiger charge is -2.12. The number of hydrogen-bond donors (Lipinski definition) is 2. The smallest absolute Gasteiger partial charge is 0.269 e. The maximum absolute atomic E-state index is 12.8. The van der Waals surface area contributed by atoms with E-state index in [1.54, 1.807) is 19.1 Å². The number of hydrogen-bond acceptors (Lipinski definition) is 5. The van der Waals surface area contributed by atoms with Gasteiger partial charge in [0.1, 0.15) is 5.82 Å². The van der Waals surface area contributed by atoms with Crippen molar-refractivity contribution in [3.8, 4) is 0 Å². The summed E-state index contributed by atoms with van der Waals surface area (Å²) in [4.78, 5) is 34.6. The van der Waals surface area contributed by atoms with Crippen molar-refractivity contribution in [3.05, 3.63) is 70.0 Å². The van der Waals surface area contributed by atoms with E-state index in [1.807, 2.05) is 0 Å². The van der Waals surface area contributed by atoms with Gasteiger partial charge in [0.2, 0.25) is 5.91 Å². The van der Waals surface area contributed by atoms with Crippen molar-refractivity contribution >= 4 is 29.3 Å². The standard InChI is InChI=1S/C17H16FN3O4S/c1-11(26-15-8-6-14(7-9-15)21(24)25)17(23)20-19-16(22)10-12-2-4-13(18)5-3-12/h2-9,11H,10H2,1H3,(H,19,22)(H,20,23). The summed E-state index contributed by atoms with van der Waals surface area (Å²) in [7, 11) is 0. The van der Waals surface area contributed by atoms with E-state index in [-0.39, 0.29) is 17.9 Å². The van der Waals surface area contributed by atoms with E-state index in [0.29, 0.717) is 10.5 Å². The third-order valence-electron chi connectivity index (χ3n) is 3.33. The van der Waals surface area contributed by atoms with Crippen LogP contribution in [0.25, 0.3) is 0 Å². The average molecular weight is 377 g/mol. The molecule has 0 saturated carbocycles. The van der Waals surface area contributed by atoms with Crippen molar-refractivity contribution in [2.45, 2.75) is 23.5 Å². The highest BCUT2D eigenvalue weighted by molar-refractivity contribution is 8.00. The molecule has 26 heavy (non-hydrogen) atoms. The molecule has 0 saturated heterocycles. The van der Waals surface area contributed by atoms with Crippen LogP contribution in [-0.2, 0) is 16.0 Å². The first-order valence-electron chi connectivity index (χ1n) is 7.59. The van der Waals surface area contributed by atoms with E-state index < -0.39 is 22.0 Å². The maximum atomic E-state index is 12.8. The summed E-state index contributed by atoms with van der Waals surface area (Å²) in [6.45, 7) is 1.65. The fourth-order valence-electron chi connectivity index (χ4n) is 1.97. The van der Waals surface area contributed by atoms with Gasteiger partial charge in [-0.3, -0.25) is 30.6 Å². The normalized spacial score (nSPS) is 11.5. The first kappa shape index (κ1) is 19.4. The molecular formula is C17H16FN3O4S. The van der Waals surface area contributed by atoms with Gasteiger partial charge in [-0.15, -0.1) is 11.8 Å². The molecule has 7 nitrogen and oxygen atoms in total. The van der Waals surface area contributed by atoms with Crippen LogP contribution in [0.4, 0.5) is 10.1 Å². The van der Waals surface area contributed by atoms with Crippen molar-refractivity contribution < 1.29 is 18.9 Å². The largest absolute Gasteiger partial charge is 0.273 e. The van der Waals surface area contributed by atoms with Crippen LogP contribution >= 0.6 is 11.8 Å². The molecule has 1 atom stereocenters. The number of nitrogens with zero attached hydrogens (tertiary/aromatic N) is 1. The summed E-state index contributed by atoms with van der Waals surface area (Å²) in [5.41, 5.74) is 5.21. The summed E-state index contributed by atoms with van der Waals surface area (Å²) in [6.07, 6.45) is 0.00440. The quantitative estimate of drug-likeness (QED) is 0.458. The van der Waals surface area contributed by atoms with E-state index in [4.69, 9.17) is 0 Å². The van der Waals surface area contributed by atoms with E-state index in [2.05, 4.69) is 10.9 Å². The number of benzene rings is 2. The number of halogens is 1. The Bertz CT molecular complexity index is 797. The molecule has 2 amide bonds.